The van der Waals surface area contributed by atoms with Gasteiger partial charge >= 0.3 is 12.1 Å². The van der Waals surface area contributed by atoms with Crippen molar-refractivity contribution in [1.82, 2.24) is 10.2 Å². The van der Waals surface area contributed by atoms with Crippen molar-refractivity contribution in [1.29, 1.82) is 0 Å². The lowest BCUT2D eigenvalue weighted by molar-refractivity contribution is -0.146. The normalized spacial score (nSPS) is 18.2. The van der Waals surface area contributed by atoms with Gasteiger partial charge in [0.05, 0.1) is 12.2 Å². The first kappa shape index (κ1) is 29.1. The van der Waals surface area contributed by atoms with Gasteiger partial charge in [0.25, 0.3) is 0 Å². The van der Waals surface area contributed by atoms with Crippen molar-refractivity contribution in [3.63, 3.8) is 0 Å². The predicted octanol–water partition coefficient (Wildman–Crippen LogP) is 5.76. The number of carboxylic acid groups (broad SMARTS) is 1. The van der Waals surface area contributed by atoms with Crippen LogP contribution in [0.2, 0.25) is 0 Å². The summed E-state index contributed by atoms with van der Waals surface area (Å²) in [6.45, 7) is 5.45. The van der Waals surface area contributed by atoms with Crippen LogP contribution in [0.3, 0.4) is 0 Å². The topological polar surface area (TPSA) is 88.1 Å². The Labute approximate surface area is 211 Å². The van der Waals surface area contributed by atoms with E-state index in [-0.39, 0.29) is 13.2 Å². The Hall–Kier alpha value is -2.12. The summed E-state index contributed by atoms with van der Waals surface area (Å²) in [5.74, 6) is -1.14. The summed E-state index contributed by atoms with van der Waals surface area (Å²) in [6, 6.07) is 9.84. The van der Waals surface area contributed by atoms with Crippen molar-refractivity contribution >= 4 is 12.1 Å². The number of benzene rings is 1. The summed E-state index contributed by atoms with van der Waals surface area (Å²) in [4.78, 5) is 24.3. The Morgan fingerprint density at radius 1 is 0.971 bits per heavy atom. The number of hydrogen-bond acceptors (Lipinski definition) is 5. The molecule has 2 fully saturated rings. The number of ether oxygens (including phenoxy) is 2. The van der Waals surface area contributed by atoms with Crippen molar-refractivity contribution in [3.8, 4) is 0 Å². The smallest absolute Gasteiger partial charge is 0.410 e. The van der Waals surface area contributed by atoms with Crippen LogP contribution in [0.5, 0.6) is 0 Å². The van der Waals surface area contributed by atoms with Gasteiger partial charge in [-0.1, -0.05) is 68.9 Å². The zero-order chi connectivity index (χ0) is 25.7. The van der Waals surface area contributed by atoms with Gasteiger partial charge in [-0.15, -0.1) is 0 Å². The first-order chi connectivity index (χ1) is 16.7. The molecule has 0 aliphatic heterocycles. The fourth-order valence-electron chi connectivity index (χ4n) is 4.50. The van der Waals surface area contributed by atoms with Gasteiger partial charge in [-0.3, -0.25) is 4.90 Å². The first-order valence-electron chi connectivity index (χ1n) is 13.2. The molecule has 7 heteroatoms. The summed E-state index contributed by atoms with van der Waals surface area (Å²) >= 11 is 0. The van der Waals surface area contributed by atoms with Gasteiger partial charge in [-0.25, -0.2) is 9.59 Å². The highest BCUT2D eigenvalue weighted by Gasteiger charge is 2.29. The van der Waals surface area contributed by atoms with Gasteiger partial charge in [0.15, 0.2) is 6.04 Å². The van der Waals surface area contributed by atoms with Crippen LogP contribution in [-0.2, 0) is 20.9 Å². The van der Waals surface area contributed by atoms with Crippen LogP contribution in [-0.4, -0.2) is 59.5 Å². The third kappa shape index (κ3) is 11.9. The number of amides is 1. The molecule has 0 bridgehead atoms. The Balaban J connectivity index is 0.000000279. The molecule has 2 saturated carbocycles. The van der Waals surface area contributed by atoms with Gasteiger partial charge in [0, 0.05) is 19.1 Å². The highest BCUT2D eigenvalue weighted by molar-refractivity contribution is 5.80. The number of rotatable bonds is 8. The number of carbonyl (C=O) groups excluding carboxylic acids is 1. The van der Waals surface area contributed by atoms with Crippen molar-refractivity contribution in [2.75, 3.05) is 13.7 Å². The molecule has 0 radical (unpaired) electrons. The average molecular weight is 491 g/mol. The minimum absolute atomic E-state index is 0.0937. The standard InChI is InChI=1S/C16H23NO5.C12H23N/c1-16(2,3)22-11-13(14(18)19)17(4)15(20)21-10-12-8-6-5-7-9-12;1-3-7-11(8-4-1)13-12-9-5-2-6-10-12/h5-9,13H,10-11H2,1-4H3,(H,18,19);11-13H,1-10H2/t13-;/m1./s1. The molecular weight excluding hydrogens is 444 g/mol. The van der Waals surface area contributed by atoms with Crippen molar-refractivity contribution < 1.29 is 24.2 Å². The largest absolute Gasteiger partial charge is 0.480 e. The quantitative estimate of drug-likeness (QED) is 0.481. The third-order valence-electron chi connectivity index (χ3n) is 6.60. The fourth-order valence-corrected chi connectivity index (χ4v) is 4.50. The molecule has 1 aromatic rings. The van der Waals surface area contributed by atoms with Gasteiger partial charge in [-0.2, -0.15) is 0 Å². The van der Waals surface area contributed by atoms with E-state index in [9.17, 15) is 14.7 Å². The number of likely N-dealkylation sites (N-methyl/N-ethyl adjacent to an activating group) is 1. The van der Waals surface area contributed by atoms with Crippen molar-refractivity contribution in [2.45, 2.75) is 115 Å². The molecule has 1 amide bonds. The maximum Gasteiger partial charge on any atom is 0.410 e. The van der Waals surface area contributed by atoms with E-state index in [1.165, 1.54) is 71.3 Å². The van der Waals surface area contributed by atoms with E-state index in [0.717, 1.165) is 22.5 Å². The summed E-state index contributed by atoms with van der Waals surface area (Å²) in [6.07, 6.45) is 13.9. The third-order valence-corrected chi connectivity index (χ3v) is 6.60. The Bertz CT molecular complexity index is 721. The molecule has 1 atom stereocenters. The van der Waals surface area contributed by atoms with Crippen LogP contribution >= 0.6 is 0 Å². The van der Waals surface area contributed by atoms with Gasteiger partial charge < -0.3 is 19.9 Å². The summed E-state index contributed by atoms with van der Waals surface area (Å²) < 4.78 is 10.6. The van der Waals surface area contributed by atoms with E-state index in [1.54, 1.807) is 0 Å². The molecule has 2 aliphatic carbocycles. The van der Waals surface area contributed by atoms with Crippen LogP contribution in [0.25, 0.3) is 0 Å². The number of carboxylic acids is 1. The average Bonchev–Trinajstić information content (AvgIpc) is 2.84. The molecule has 0 spiro atoms. The first-order valence-corrected chi connectivity index (χ1v) is 13.2. The predicted molar refractivity (Wildman–Crippen MR) is 138 cm³/mol. The van der Waals surface area contributed by atoms with E-state index in [1.807, 2.05) is 51.1 Å². The van der Waals surface area contributed by atoms with Gasteiger partial charge in [0.1, 0.15) is 6.61 Å². The van der Waals surface area contributed by atoms with E-state index >= 15 is 0 Å². The molecule has 3 rings (SSSR count). The minimum Gasteiger partial charge on any atom is -0.480 e. The lowest BCUT2D eigenvalue weighted by atomic mass is 9.91. The lowest BCUT2D eigenvalue weighted by Crippen LogP contribution is -2.46. The fraction of sp³-hybridized carbons (Fsp3) is 0.714. The molecule has 0 unspecified atom stereocenters. The SMILES string of the molecule is C1CCC(NC2CCCCC2)CC1.CN(C(=O)OCc1ccccc1)[C@H](COC(C)(C)C)C(=O)O. The molecule has 0 heterocycles. The molecule has 198 valence electrons. The van der Waals surface area contributed by atoms with Crippen LogP contribution in [0.1, 0.15) is 90.5 Å². The monoisotopic (exact) mass is 490 g/mol. The van der Waals surface area contributed by atoms with Crippen molar-refractivity contribution in [2.24, 2.45) is 0 Å². The van der Waals surface area contributed by atoms with E-state index < -0.39 is 23.7 Å². The van der Waals surface area contributed by atoms with Crippen molar-refractivity contribution in [3.05, 3.63) is 35.9 Å². The highest BCUT2D eigenvalue weighted by atomic mass is 16.6. The Kier molecular flexibility index (Phi) is 12.6. The molecule has 1 aromatic carbocycles. The second kappa shape index (κ2) is 15.1. The van der Waals surface area contributed by atoms with Gasteiger partial charge in [-0.05, 0) is 52.0 Å². The van der Waals surface area contributed by atoms with E-state index in [0.29, 0.717) is 0 Å². The molecule has 7 nitrogen and oxygen atoms in total. The van der Waals surface area contributed by atoms with E-state index in [4.69, 9.17) is 9.47 Å². The second-order valence-electron chi connectivity index (χ2n) is 10.8. The number of nitrogens with one attached hydrogen (secondary N) is 1. The molecule has 2 N–H and O–H groups in total. The number of aliphatic carboxylic acids is 1. The zero-order valence-electron chi connectivity index (χ0n) is 22.1. The maximum atomic E-state index is 12.0. The molecular formula is C28H46N2O5. The number of hydrogen-bond donors (Lipinski definition) is 2. The zero-order valence-corrected chi connectivity index (χ0v) is 22.1. The number of nitrogens with zero attached hydrogens (tertiary/aromatic N) is 1. The Morgan fingerprint density at radius 2 is 1.49 bits per heavy atom. The van der Waals surface area contributed by atoms with Crippen LogP contribution in [0.15, 0.2) is 30.3 Å². The van der Waals surface area contributed by atoms with Crippen LogP contribution in [0, 0.1) is 0 Å². The summed E-state index contributed by atoms with van der Waals surface area (Å²) in [5.41, 5.74) is 0.352. The van der Waals surface area contributed by atoms with Crippen LogP contribution in [0.4, 0.5) is 4.79 Å². The maximum absolute atomic E-state index is 12.0. The highest BCUT2D eigenvalue weighted by Crippen LogP contribution is 2.22. The summed E-state index contributed by atoms with van der Waals surface area (Å²) in [7, 11) is 1.39. The Morgan fingerprint density at radius 3 is 1.94 bits per heavy atom. The summed E-state index contributed by atoms with van der Waals surface area (Å²) in [5, 5.41) is 13.1. The molecule has 0 aromatic heterocycles. The molecule has 2 aliphatic rings. The van der Waals surface area contributed by atoms with Gasteiger partial charge in [0.2, 0.25) is 0 Å². The molecule has 35 heavy (non-hydrogen) atoms. The van der Waals surface area contributed by atoms with E-state index in [2.05, 4.69) is 5.32 Å². The second-order valence-corrected chi connectivity index (χ2v) is 10.8. The molecule has 0 saturated heterocycles. The van der Waals surface area contributed by atoms with Crippen LogP contribution < -0.4 is 5.32 Å². The minimum atomic E-state index is -1.14. The lowest BCUT2D eigenvalue weighted by Gasteiger charge is -2.30. The number of carbonyl (C=O) groups is 2.